The van der Waals surface area contributed by atoms with E-state index in [4.69, 9.17) is 18.9 Å². The van der Waals surface area contributed by atoms with Crippen LogP contribution in [0.5, 0.6) is 17.2 Å². The maximum Gasteiger partial charge on any atom is 0.326 e. The molecule has 12 heteroatoms. The molecule has 174 valence electrons. The fourth-order valence-electron chi connectivity index (χ4n) is 3.10. The standard InChI is InChI=1S/C21H21N3O8S/c1-5-32-18(25)11-23-14-10-13(24(27)28)6-7-17(14)33-21(23)22-20(26)12-8-15(29-2)19(31-4)16(9-12)30-3/h6-10H,5,11H2,1-4H3. The molecule has 0 unspecified atom stereocenters. The summed E-state index contributed by atoms with van der Waals surface area (Å²) in [5.74, 6) is -0.315. The van der Waals surface area contributed by atoms with Crippen LogP contribution >= 0.6 is 11.3 Å². The van der Waals surface area contributed by atoms with Crippen LogP contribution in [0.4, 0.5) is 5.69 Å². The van der Waals surface area contributed by atoms with Crippen LogP contribution in [0.3, 0.4) is 0 Å². The zero-order valence-corrected chi connectivity index (χ0v) is 19.1. The maximum absolute atomic E-state index is 13.0. The molecule has 0 bridgehead atoms. The molecule has 1 amide bonds. The Morgan fingerprint density at radius 2 is 1.76 bits per heavy atom. The third-order valence-electron chi connectivity index (χ3n) is 4.58. The van der Waals surface area contributed by atoms with Crippen LogP contribution in [0, 0.1) is 10.1 Å². The van der Waals surface area contributed by atoms with E-state index in [-0.39, 0.29) is 40.7 Å². The summed E-state index contributed by atoms with van der Waals surface area (Å²) in [4.78, 5) is 40.2. The van der Waals surface area contributed by atoms with E-state index in [1.165, 1.54) is 50.2 Å². The molecule has 0 radical (unpaired) electrons. The number of amides is 1. The normalized spacial score (nSPS) is 11.3. The molecule has 0 aliphatic heterocycles. The van der Waals surface area contributed by atoms with Crippen molar-refractivity contribution in [2.45, 2.75) is 13.5 Å². The SMILES string of the molecule is CCOC(=O)Cn1c(=NC(=O)c2cc(OC)c(OC)c(OC)c2)sc2ccc([N+](=O)[O-])cc21. The highest BCUT2D eigenvalue weighted by molar-refractivity contribution is 7.16. The topological polar surface area (TPSA) is 131 Å². The number of esters is 1. The highest BCUT2D eigenvalue weighted by Gasteiger charge is 2.19. The van der Waals surface area contributed by atoms with E-state index in [0.29, 0.717) is 16.0 Å². The van der Waals surface area contributed by atoms with Gasteiger partial charge >= 0.3 is 5.97 Å². The Hall–Kier alpha value is -3.93. The molecule has 0 aliphatic rings. The average molecular weight is 475 g/mol. The molecule has 0 aliphatic carbocycles. The first-order valence-corrected chi connectivity index (χ1v) is 10.5. The van der Waals surface area contributed by atoms with Gasteiger partial charge in [0.1, 0.15) is 6.54 Å². The molecule has 0 saturated carbocycles. The molecule has 3 aromatic rings. The molecule has 0 N–H and O–H groups in total. The first kappa shape index (κ1) is 23.7. The molecule has 3 rings (SSSR count). The molecule has 0 saturated heterocycles. The van der Waals surface area contributed by atoms with Crippen LogP contribution in [0.15, 0.2) is 35.3 Å². The Labute approximate surface area is 191 Å². The van der Waals surface area contributed by atoms with Gasteiger partial charge in [-0.15, -0.1) is 0 Å². The summed E-state index contributed by atoms with van der Waals surface area (Å²) in [5, 5.41) is 11.2. The Morgan fingerprint density at radius 1 is 1.09 bits per heavy atom. The number of thiazole rings is 1. The molecule has 0 spiro atoms. The highest BCUT2D eigenvalue weighted by atomic mass is 32.1. The van der Waals surface area contributed by atoms with Gasteiger partial charge in [-0.25, -0.2) is 0 Å². The summed E-state index contributed by atoms with van der Waals surface area (Å²) in [7, 11) is 4.30. The smallest absolute Gasteiger partial charge is 0.326 e. The molecule has 1 aromatic heterocycles. The lowest BCUT2D eigenvalue weighted by Crippen LogP contribution is -2.23. The highest BCUT2D eigenvalue weighted by Crippen LogP contribution is 2.38. The Balaban J connectivity index is 2.17. The van der Waals surface area contributed by atoms with E-state index in [0.717, 1.165) is 11.3 Å². The summed E-state index contributed by atoms with van der Waals surface area (Å²) in [6.45, 7) is 1.56. The number of nitro benzene ring substituents is 1. The Bertz CT molecular complexity index is 1270. The maximum atomic E-state index is 13.0. The minimum absolute atomic E-state index is 0.152. The van der Waals surface area contributed by atoms with E-state index >= 15 is 0 Å². The number of hydrogen-bond donors (Lipinski definition) is 0. The number of aromatic nitrogens is 1. The molecule has 1 heterocycles. The Morgan fingerprint density at radius 3 is 2.30 bits per heavy atom. The van der Waals surface area contributed by atoms with Gasteiger partial charge in [0.25, 0.3) is 11.6 Å². The summed E-state index contributed by atoms with van der Waals surface area (Å²) >= 11 is 1.11. The third-order valence-corrected chi connectivity index (χ3v) is 5.64. The van der Waals surface area contributed by atoms with Gasteiger partial charge in [-0.2, -0.15) is 4.99 Å². The van der Waals surface area contributed by atoms with E-state index in [1.54, 1.807) is 13.0 Å². The number of ether oxygens (including phenoxy) is 4. The monoisotopic (exact) mass is 475 g/mol. The van der Waals surface area contributed by atoms with Gasteiger partial charge in [0, 0.05) is 17.7 Å². The van der Waals surface area contributed by atoms with Crippen LogP contribution in [0.1, 0.15) is 17.3 Å². The second kappa shape index (κ2) is 10.1. The summed E-state index contributed by atoms with van der Waals surface area (Å²) in [5.41, 5.74) is 0.398. The Kier molecular flexibility index (Phi) is 7.28. The van der Waals surface area contributed by atoms with E-state index in [9.17, 15) is 19.7 Å². The molecule has 33 heavy (non-hydrogen) atoms. The number of carbonyl (C=O) groups is 2. The minimum Gasteiger partial charge on any atom is -0.493 e. The molecule has 2 aromatic carbocycles. The third kappa shape index (κ3) is 4.95. The first-order valence-electron chi connectivity index (χ1n) is 9.65. The summed E-state index contributed by atoms with van der Waals surface area (Å²) in [6, 6.07) is 7.14. The quantitative estimate of drug-likeness (QED) is 0.276. The van der Waals surface area contributed by atoms with Crippen LogP contribution in [0.2, 0.25) is 0 Å². The van der Waals surface area contributed by atoms with Crippen molar-refractivity contribution in [3.63, 3.8) is 0 Å². The lowest BCUT2D eigenvalue weighted by atomic mass is 10.1. The van der Waals surface area contributed by atoms with Crippen molar-refractivity contribution in [2.24, 2.45) is 4.99 Å². The number of non-ortho nitro benzene ring substituents is 1. The van der Waals surface area contributed by atoms with Crippen molar-refractivity contribution in [2.75, 3.05) is 27.9 Å². The van der Waals surface area contributed by atoms with Crippen LogP contribution < -0.4 is 19.0 Å². The van der Waals surface area contributed by atoms with Gasteiger partial charge in [0.05, 0.1) is 43.1 Å². The van der Waals surface area contributed by atoms with Gasteiger partial charge in [-0.05, 0) is 25.1 Å². The van der Waals surface area contributed by atoms with E-state index in [1.807, 2.05) is 0 Å². The predicted molar refractivity (Wildman–Crippen MR) is 119 cm³/mol. The van der Waals surface area contributed by atoms with Crippen LogP contribution in [-0.4, -0.2) is 49.3 Å². The number of rotatable bonds is 8. The van der Waals surface area contributed by atoms with Crippen molar-refractivity contribution in [1.82, 2.24) is 4.57 Å². The lowest BCUT2D eigenvalue weighted by molar-refractivity contribution is -0.384. The van der Waals surface area contributed by atoms with Gasteiger partial charge in [0.15, 0.2) is 16.3 Å². The van der Waals surface area contributed by atoms with Gasteiger partial charge < -0.3 is 23.5 Å². The van der Waals surface area contributed by atoms with Crippen molar-refractivity contribution in [3.8, 4) is 17.2 Å². The molecular formula is C21H21N3O8S. The zero-order valence-electron chi connectivity index (χ0n) is 18.3. The summed E-state index contributed by atoms with van der Waals surface area (Å²) in [6.07, 6.45) is 0. The van der Waals surface area contributed by atoms with Crippen LogP contribution in [-0.2, 0) is 16.1 Å². The number of hydrogen-bond acceptors (Lipinski definition) is 9. The predicted octanol–water partition coefficient (Wildman–Crippen LogP) is 2.94. The largest absolute Gasteiger partial charge is 0.493 e. The van der Waals surface area contributed by atoms with Crippen molar-refractivity contribution < 1.29 is 33.5 Å². The number of carbonyl (C=O) groups excluding carboxylic acids is 2. The number of benzene rings is 2. The van der Waals surface area contributed by atoms with E-state index < -0.39 is 16.8 Å². The molecule has 0 fully saturated rings. The average Bonchev–Trinajstić information content (AvgIpc) is 3.13. The van der Waals surface area contributed by atoms with Crippen LogP contribution in [0.25, 0.3) is 10.2 Å². The number of nitro groups is 1. The number of fused-ring (bicyclic) bond motifs is 1. The van der Waals surface area contributed by atoms with Crippen molar-refractivity contribution in [1.29, 1.82) is 0 Å². The second-order valence-corrected chi connectivity index (χ2v) is 7.53. The van der Waals surface area contributed by atoms with Crippen molar-refractivity contribution >= 4 is 39.1 Å². The first-order chi connectivity index (χ1) is 15.8. The number of methoxy groups -OCH3 is 3. The van der Waals surface area contributed by atoms with Gasteiger partial charge in [0.2, 0.25) is 5.75 Å². The van der Waals surface area contributed by atoms with Gasteiger partial charge in [-0.3, -0.25) is 19.7 Å². The lowest BCUT2D eigenvalue weighted by Gasteiger charge is -2.12. The van der Waals surface area contributed by atoms with Gasteiger partial charge in [-0.1, -0.05) is 11.3 Å². The van der Waals surface area contributed by atoms with E-state index in [2.05, 4.69) is 4.99 Å². The zero-order chi connectivity index (χ0) is 24.1. The van der Waals surface area contributed by atoms with Crippen molar-refractivity contribution in [3.05, 3.63) is 50.8 Å². The fourth-order valence-corrected chi connectivity index (χ4v) is 4.11. The fraction of sp³-hybridized carbons (Fsp3) is 0.286. The molecule has 11 nitrogen and oxygen atoms in total. The molecule has 0 atom stereocenters. The number of nitrogens with zero attached hydrogens (tertiary/aromatic N) is 3. The minimum atomic E-state index is -0.632. The molecular weight excluding hydrogens is 454 g/mol. The second-order valence-electron chi connectivity index (χ2n) is 6.52. The summed E-state index contributed by atoms with van der Waals surface area (Å²) < 4.78 is 22.9.